The number of amides is 1. The van der Waals surface area contributed by atoms with Gasteiger partial charge in [-0.25, -0.2) is 0 Å². The molecule has 1 amide bonds. The maximum atomic E-state index is 12.7. The molecule has 0 aromatic heterocycles. The highest BCUT2D eigenvalue weighted by Crippen LogP contribution is 2.25. The quantitative estimate of drug-likeness (QED) is 0.768. The SMILES string of the molecule is CN(C)c1ccc(C(CNC(=O)c2ccc(Cl)cc2Cl)N2CCOCC2)cc1. The number of halogens is 2. The molecule has 3 rings (SSSR count). The zero-order valence-electron chi connectivity index (χ0n) is 16.1. The molecule has 0 spiro atoms. The van der Waals surface area contributed by atoms with Gasteiger partial charge in [0.25, 0.3) is 5.91 Å². The van der Waals surface area contributed by atoms with Crippen molar-refractivity contribution in [2.24, 2.45) is 0 Å². The van der Waals surface area contributed by atoms with Crippen molar-refractivity contribution in [3.63, 3.8) is 0 Å². The number of carbonyl (C=O) groups excluding carboxylic acids is 1. The van der Waals surface area contributed by atoms with Crippen molar-refractivity contribution < 1.29 is 9.53 Å². The van der Waals surface area contributed by atoms with Crippen molar-refractivity contribution in [3.05, 3.63) is 63.6 Å². The van der Waals surface area contributed by atoms with E-state index in [1.54, 1.807) is 18.2 Å². The first kappa shape index (κ1) is 20.9. The Morgan fingerprint density at radius 1 is 1.14 bits per heavy atom. The Morgan fingerprint density at radius 3 is 2.43 bits per heavy atom. The maximum absolute atomic E-state index is 12.7. The zero-order chi connectivity index (χ0) is 20.1. The molecule has 0 bridgehead atoms. The van der Waals surface area contributed by atoms with E-state index in [-0.39, 0.29) is 11.9 Å². The molecule has 0 aliphatic carbocycles. The second-order valence-electron chi connectivity index (χ2n) is 6.98. The van der Waals surface area contributed by atoms with Crippen LogP contribution in [0.15, 0.2) is 42.5 Å². The Morgan fingerprint density at radius 2 is 1.82 bits per heavy atom. The standard InChI is InChI=1S/C21H25Cl2N3O2/c1-25(2)17-6-3-15(4-7-17)20(26-9-11-28-12-10-26)14-24-21(27)18-8-5-16(22)13-19(18)23/h3-8,13,20H,9-12,14H2,1-2H3,(H,24,27). The molecule has 28 heavy (non-hydrogen) atoms. The molecule has 1 unspecified atom stereocenters. The topological polar surface area (TPSA) is 44.8 Å². The van der Waals surface area contributed by atoms with Crippen LogP contribution in [0.2, 0.25) is 10.0 Å². The minimum absolute atomic E-state index is 0.0649. The molecule has 1 heterocycles. The fourth-order valence-corrected chi connectivity index (χ4v) is 3.79. The molecular weight excluding hydrogens is 397 g/mol. The molecule has 0 radical (unpaired) electrons. The van der Waals surface area contributed by atoms with E-state index in [0.717, 1.165) is 24.3 Å². The molecule has 1 N–H and O–H groups in total. The lowest BCUT2D eigenvalue weighted by atomic mass is 10.0. The number of anilines is 1. The summed E-state index contributed by atoms with van der Waals surface area (Å²) in [5.41, 5.74) is 2.73. The molecule has 2 aromatic rings. The summed E-state index contributed by atoms with van der Waals surface area (Å²) in [5, 5.41) is 3.89. The zero-order valence-corrected chi connectivity index (χ0v) is 17.6. The van der Waals surface area contributed by atoms with Gasteiger partial charge in [-0.05, 0) is 35.9 Å². The average molecular weight is 422 g/mol. The molecule has 7 heteroatoms. The first-order valence-corrected chi connectivity index (χ1v) is 10.0. The predicted molar refractivity (Wildman–Crippen MR) is 115 cm³/mol. The summed E-state index contributed by atoms with van der Waals surface area (Å²) in [7, 11) is 4.04. The summed E-state index contributed by atoms with van der Waals surface area (Å²) in [5.74, 6) is -0.204. The third kappa shape index (κ3) is 5.17. The van der Waals surface area contributed by atoms with Crippen LogP contribution in [0.3, 0.4) is 0 Å². The maximum Gasteiger partial charge on any atom is 0.252 e. The van der Waals surface area contributed by atoms with E-state index >= 15 is 0 Å². The highest BCUT2D eigenvalue weighted by atomic mass is 35.5. The van der Waals surface area contributed by atoms with Crippen LogP contribution in [-0.4, -0.2) is 57.8 Å². The Kier molecular flexibility index (Phi) is 7.18. The van der Waals surface area contributed by atoms with E-state index in [2.05, 4.69) is 39.4 Å². The molecule has 2 aromatic carbocycles. The minimum atomic E-state index is -0.204. The number of hydrogen-bond donors (Lipinski definition) is 1. The van der Waals surface area contributed by atoms with Gasteiger partial charge in [-0.3, -0.25) is 9.69 Å². The molecular formula is C21H25Cl2N3O2. The van der Waals surface area contributed by atoms with Crippen molar-refractivity contribution in [1.29, 1.82) is 0 Å². The lowest BCUT2D eigenvalue weighted by molar-refractivity contribution is 0.0162. The van der Waals surface area contributed by atoms with Crippen LogP contribution >= 0.6 is 23.2 Å². The van der Waals surface area contributed by atoms with Gasteiger partial charge in [0.1, 0.15) is 0 Å². The van der Waals surface area contributed by atoms with Gasteiger partial charge in [0, 0.05) is 44.4 Å². The van der Waals surface area contributed by atoms with Crippen molar-refractivity contribution in [3.8, 4) is 0 Å². The number of benzene rings is 2. The Bertz CT molecular complexity index is 806. The van der Waals surface area contributed by atoms with E-state index in [1.165, 1.54) is 0 Å². The molecule has 1 aliphatic rings. The second-order valence-corrected chi connectivity index (χ2v) is 7.83. The van der Waals surface area contributed by atoms with E-state index in [9.17, 15) is 4.79 Å². The molecule has 1 saturated heterocycles. The van der Waals surface area contributed by atoms with Gasteiger partial charge in [-0.2, -0.15) is 0 Å². The number of nitrogens with zero attached hydrogens (tertiary/aromatic N) is 2. The minimum Gasteiger partial charge on any atom is -0.379 e. The number of hydrogen-bond acceptors (Lipinski definition) is 4. The third-order valence-corrected chi connectivity index (χ3v) is 5.46. The van der Waals surface area contributed by atoms with Crippen molar-refractivity contribution >= 4 is 34.8 Å². The number of carbonyl (C=O) groups is 1. The summed E-state index contributed by atoms with van der Waals surface area (Å²) >= 11 is 12.1. The predicted octanol–water partition coefficient (Wildman–Crippen LogP) is 3.86. The first-order valence-electron chi connectivity index (χ1n) is 9.28. The Hall–Kier alpha value is -1.79. The molecule has 1 atom stereocenters. The second kappa shape index (κ2) is 9.61. The van der Waals surface area contributed by atoms with Gasteiger partial charge in [-0.15, -0.1) is 0 Å². The normalized spacial score (nSPS) is 15.9. The molecule has 0 saturated carbocycles. The van der Waals surface area contributed by atoms with Crippen LogP contribution in [-0.2, 0) is 4.74 Å². The number of nitrogens with one attached hydrogen (secondary N) is 1. The summed E-state index contributed by atoms with van der Waals surface area (Å²) in [6.07, 6.45) is 0. The summed E-state index contributed by atoms with van der Waals surface area (Å²) in [4.78, 5) is 17.1. The fraction of sp³-hybridized carbons (Fsp3) is 0.381. The Balaban J connectivity index is 1.76. The summed E-state index contributed by atoms with van der Waals surface area (Å²) < 4.78 is 5.49. The fourth-order valence-electron chi connectivity index (χ4n) is 3.30. The van der Waals surface area contributed by atoms with E-state index in [1.807, 2.05) is 14.1 Å². The summed E-state index contributed by atoms with van der Waals surface area (Å²) in [6, 6.07) is 13.4. The molecule has 1 fully saturated rings. The van der Waals surface area contributed by atoms with Gasteiger partial charge in [0.15, 0.2) is 0 Å². The van der Waals surface area contributed by atoms with Crippen LogP contribution in [0.25, 0.3) is 0 Å². The van der Waals surface area contributed by atoms with Crippen molar-refractivity contribution in [1.82, 2.24) is 10.2 Å². The van der Waals surface area contributed by atoms with Gasteiger partial charge < -0.3 is 15.0 Å². The summed E-state index contributed by atoms with van der Waals surface area (Å²) in [6.45, 7) is 3.54. The van der Waals surface area contributed by atoms with Crippen LogP contribution in [0.4, 0.5) is 5.69 Å². The number of morpholine rings is 1. The van der Waals surface area contributed by atoms with Crippen molar-refractivity contribution in [2.45, 2.75) is 6.04 Å². The molecule has 5 nitrogen and oxygen atoms in total. The van der Waals surface area contributed by atoms with Crippen molar-refractivity contribution in [2.75, 3.05) is 51.8 Å². The smallest absolute Gasteiger partial charge is 0.252 e. The average Bonchev–Trinajstić information content (AvgIpc) is 2.69. The van der Waals surface area contributed by atoms with Crippen LogP contribution < -0.4 is 10.2 Å². The third-order valence-electron chi connectivity index (χ3n) is 4.91. The van der Waals surface area contributed by atoms with Gasteiger partial charge >= 0.3 is 0 Å². The van der Waals surface area contributed by atoms with Gasteiger partial charge in [0.2, 0.25) is 0 Å². The lowest BCUT2D eigenvalue weighted by Gasteiger charge is -2.35. The van der Waals surface area contributed by atoms with Crippen LogP contribution in [0.1, 0.15) is 22.0 Å². The highest BCUT2D eigenvalue weighted by Gasteiger charge is 2.24. The number of ether oxygens (including phenoxy) is 1. The van der Waals surface area contributed by atoms with Crippen LogP contribution in [0.5, 0.6) is 0 Å². The highest BCUT2D eigenvalue weighted by molar-refractivity contribution is 6.36. The van der Waals surface area contributed by atoms with E-state index in [4.69, 9.17) is 27.9 Å². The molecule has 1 aliphatic heterocycles. The number of rotatable bonds is 6. The van der Waals surface area contributed by atoms with E-state index in [0.29, 0.717) is 35.4 Å². The van der Waals surface area contributed by atoms with Gasteiger partial charge in [-0.1, -0.05) is 35.3 Å². The van der Waals surface area contributed by atoms with E-state index < -0.39 is 0 Å². The largest absolute Gasteiger partial charge is 0.379 e. The Labute approximate surface area is 176 Å². The van der Waals surface area contributed by atoms with Crippen LogP contribution in [0, 0.1) is 0 Å². The molecule has 150 valence electrons. The van der Waals surface area contributed by atoms with Gasteiger partial charge in [0.05, 0.1) is 29.8 Å². The first-order chi connectivity index (χ1) is 13.5. The monoisotopic (exact) mass is 421 g/mol. The lowest BCUT2D eigenvalue weighted by Crippen LogP contribution is -2.43.